The molecule has 0 aromatic rings. The quantitative estimate of drug-likeness (QED) is 0.483. The van der Waals surface area contributed by atoms with Gasteiger partial charge in [-0.15, -0.1) is 0 Å². The molecule has 2 nitrogen and oxygen atoms in total. The maximum Gasteiger partial charge on any atom is 0.302 e. The molecule has 0 fully saturated rings. The van der Waals surface area contributed by atoms with Gasteiger partial charge < -0.3 is 4.74 Å². The third kappa shape index (κ3) is 5.79. The van der Waals surface area contributed by atoms with E-state index in [0.29, 0.717) is 5.92 Å². The summed E-state index contributed by atoms with van der Waals surface area (Å²) >= 11 is 0. The van der Waals surface area contributed by atoms with Crippen LogP contribution in [0.3, 0.4) is 0 Å². The van der Waals surface area contributed by atoms with Crippen LogP contribution < -0.4 is 0 Å². The minimum atomic E-state index is -0.178. The van der Waals surface area contributed by atoms with Gasteiger partial charge in [0.15, 0.2) is 0 Å². The summed E-state index contributed by atoms with van der Waals surface area (Å²) in [4.78, 5) is 10.8. The Morgan fingerprint density at radius 2 is 2.00 bits per heavy atom. The van der Waals surface area contributed by atoms with Gasteiger partial charge in [-0.2, -0.15) is 0 Å². The van der Waals surface area contributed by atoms with Crippen LogP contribution in [0.5, 0.6) is 0 Å². The van der Waals surface area contributed by atoms with Crippen LogP contribution in [0, 0.1) is 5.92 Å². The lowest BCUT2D eigenvalue weighted by molar-refractivity contribution is -0.148. The molecule has 0 rings (SSSR count). The van der Waals surface area contributed by atoms with E-state index in [9.17, 15) is 4.79 Å². The first kappa shape index (κ1) is 13.2. The van der Waals surface area contributed by atoms with Crippen molar-refractivity contribution in [3.8, 4) is 0 Å². The van der Waals surface area contributed by atoms with Gasteiger partial charge in [0.05, 0.1) is 0 Å². The SMILES string of the molecule is CC/C=C\CC(C)C(CC)OC(C)=O. The molecule has 82 valence electrons. The average Bonchev–Trinajstić information content (AvgIpc) is 2.14. The Kier molecular flexibility index (Phi) is 7.17. The van der Waals surface area contributed by atoms with Crippen molar-refractivity contribution in [1.29, 1.82) is 0 Å². The third-order valence-electron chi connectivity index (χ3n) is 2.26. The fourth-order valence-corrected chi connectivity index (χ4v) is 1.44. The van der Waals surface area contributed by atoms with E-state index in [1.807, 2.05) is 6.92 Å². The van der Waals surface area contributed by atoms with Gasteiger partial charge in [-0.3, -0.25) is 4.79 Å². The normalized spacial score (nSPS) is 15.4. The largest absolute Gasteiger partial charge is 0.462 e. The fraction of sp³-hybridized carbons (Fsp3) is 0.750. The van der Waals surface area contributed by atoms with Gasteiger partial charge in [0, 0.05) is 6.92 Å². The first-order valence-corrected chi connectivity index (χ1v) is 5.44. The molecular weight excluding hydrogens is 176 g/mol. The summed E-state index contributed by atoms with van der Waals surface area (Å²) in [5.74, 6) is 0.231. The Morgan fingerprint density at radius 3 is 2.43 bits per heavy atom. The summed E-state index contributed by atoms with van der Waals surface area (Å²) in [6.45, 7) is 7.76. The van der Waals surface area contributed by atoms with E-state index in [-0.39, 0.29) is 12.1 Å². The van der Waals surface area contributed by atoms with Crippen molar-refractivity contribution in [3.63, 3.8) is 0 Å². The van der Waals surface area contributed by atoms with Gasteiger partial charge in [-0.25, -0.2) is 0 Å². The number of carbonyl (C=O) groups excluding carboxylic acids is 1. The molecule has 0 bridgehead atoms. The van der Waals surface area contributed by atoms with Gasteiger partial charge >= 0.3 is 5.97 Å². The lowest BCUT2D eigenvalue weighted by Gasteiger charge is -2.21. The first-order chi connectivity index (χ1) is 6.61. The van der Waals surface area contributed by atoms with Crippen LogP contribution in [0.2, 0.25) is 0 Å². The minimum absolute atomic E-state index is 0.0639. The van der Waals surface area contributed by atoms with Crippen LogP contribution in [0.1, 0.15) is 47.0 Å². The highest BCUT2D eigenvalue weighted by Gasteiger charge is 2.16. The van der Waals surface area contributed by atoms with E-state index >= 15 is 0 Å². The van der Waals surface area contributed by atoms with Crippen molar-refractivity contribution in [1.82, 2.24) is 0 Å². The number of rotatable bonds is 6. The monoisotopic (exact) mass is 198 g/mol. The second kappa shape index (κ2) is 7.60. The summed E-state index contributed by atoms with van der Waals surface area (Å²) in [6.07, 6.45) is 7.32. The van der Waals surface area contributed by atoms with Gasteiger partial charge in [0.1, 0.15) is 6.10 Å². The molecule has 0 saturated heterocycles. The van der Waals surface area contributed by atoms with Crippen molar-refractivity contribution >= 4 is 5.97 Å². The molecule has 0 aliphatic carbocycles. The molecule has 0 spiro atoms. The van der Waals surface area contributed by atoms with Gasteiger partial charge in [-0.05, 0) is 25.2 Å². The molecule has 0 heterocycles. The molecule has 2 heteroatoms. The standard InChI is InChI=1S/C12H22O2/c1-5-7-8-9-10(3)12(6-2)14-11(4)13/h7-8,10,12H,5-6,9H2,1-4H3/b8-7-. The molecule has 0 aliphatic rings. The van der Waals surface area contributed by atoms with Crippen LogP contribution in [0.4, 0.5) is 0 Å². The molecular formula is C12H22O2. The number of allylic oxidation sites excluding steroid dienone is 2. The van der Waals surface area contributed by atoms with E-state index < -0.39 is 0 Å². The van der Waals surface area contributed by atoms with Gasteiger partial charge in [0.25, 0.3) is 0 Å². The number of hydrogen-bond acceptors (Lipinski definition) is 2. The molecule has 0 saturated carbocycles. The van der Waals surface area contributed by atoms with Crippen molar-refractivity contribution < 1.29 is 9.53 Å². The Labute approximate surface area is 87.3 Å². The predicted molar refractivity (Wildman–Crippen MR) is 59.1 cm³/mol. The smallest absolute Gasteiger partial charge is 0.302 e. The van der Waals surface area contributed by atoms with Crippen LogP contribution in [-0.4, -0.2) is 12.1 Å². The van der Waals surface area contributed by atoms with Crippen molar-refractivity contribution in [2.75, 3.05) is 0 Å². The third-order valence-corrected chi connectivity index (χ3v) is 2.26. The van der Waals surface area contributed by atoms with Gasteiger partial charge in [-0.1, -0.05) is 32.9 Å². The van der Waals surface area contributed by atoms with Crippen LogP contribution in [0.25, 0.3) is 0 Å². The molecule has 14 heavy (non-hydrogen) atoms. The molecule has 0 aliphatic heterocycles. The second-order valence-electron chi connectivity index (χ2n) is 3.65. The number of hydrogen-bond donors (Lipinski definition) is 0. The van der Waals surface area contributed by atoms with E-state index in [2.05, 4.69) is 26.0 Å². The predicted octanol–water partition coefficient (Wildman–Crippen LogP) is 3.32. The fourth-order valence-electron chi connectivity index (χ4n) is 1.44. The van der Waals surface area contributed by atoms with Crippen LogP contribution in [-0.2, 0) is 9.53 Å². The molecule has 2 unspecified atom stereocenters. The van der Waals surface area contributed by atoms with Crippen molar-refractivity contribution in [3.05, 3.63) is 12.2 Å². The Bertz CT molecular complexity index is 185. The molecule has 0 aromatic heterocycles. The summed E-state index contributed by atoms with van der Waals surface area (Å²) in [6, 6.07) is 0. The van der Waals surface area contributed by atoms with Gasteiger partial charge in [0.2, 0.25) is 0 Å². The van der Waals surface area contributed by atoms with E-state index in [1.165, 1.54) is 6.92 Å². The maximum absolute atomic E-state index is 10.8. The lowest BCUT2D eigenvalue weighted by Crippen LogP contribution is -2.23. The van der Waals surface area contributed by atoms with Crippen LogP contribution >= 0.6 is 0 Å². The zero-order valence-corrected chi connectivity index (χ0v) is 9.75. The highest BCUT2D eigenvalue weighted by Crippen LogP contribution is 2.16. The topological polar surface area (TPSA) is 26.3 Å². The zero-order valence-electron chi connectivity index (χ0n) is 9.75. The number of carbonyl (C=O) groups is 1. The zero-order chi connectivity index (χ0) is 11.0. The Hall–Kier alpha value is -0.790. The molecule has 0 aromatic carbocycles. The van der Waals surface area contributed by atoms with E-state index in [4.69, 9.17) is 4.74 Å². The molecule has 0 amide bonds. The summed E-state index contributed by atoms with van der Waals surface area (Å²) in [7, 11) is 0. The lowest BCUT2D eigenvalue weighted by atomic mass is 9.98. The van der Waals surface area contributed by atoms with Crippen molar-refractivity contribution in [2.45, 2.75) is 53.1 Å². The van der Waals surface area contributed by atoms with Crippen molar-refractivity contribution in [2.24, 2.45) is 5.92 Å². The molecule has 0 radical (unpaired) electrons. The first-order valence-electron chi connectivity index (χ1n) is 5.44. The summed E-state index contributed by atoms with van der Waals surface area (Å²) in [5, 5.41) is 0. The van der Waals surface area contributed by atoms with Crippen LogP contribution in [0.15, 0.2) is 12.2 Å². The number of esters is 1. The Morgan fingerprint density at radius 1 is 1.36 bits per heavy atom. The van der Waals surface area contributed by atoms with E-state index in [0.717, 1.165) is 19.3 Å². The highest BCUT2D eigenvalue weighted by atomic mass is 16.5. The second-order valence-corrected chi connectivity index (χ2v) is 3.65. The highest BCUT2D eigenvalue weighted by molar-refractivity contribution is 5.66. The average molecular weight is 198 g/mol. The maximum atomic E-state index is 10.8. The summed E-state index contributed by atoms with van der Waals surface area (Å²) < 4.78 is 5.22. The number of ether oxygens (including phenoxy) is 1. The molecule has 0 N–H and O–H groups in total. The van der Waals surface area contributed by atoms with E-state index in [1.54, 1.807) is 0 Å². The summed E-state index contributed by atoms with van der Waals surface area (Å²) in [5.41, 5.74) is 0. The molecule has 2 atom stereocenters. The minimum Gasteiger partial charge on any atom is -0.462 e. The Balaban J connectivity index is 3.96.